The van der Waals surface area contributed by atoms with Gasteiger partial charge in [0.05, 0.1) is 24.1 Å². The van der Waals surface area contributed by atoms with Crippen LogP contribution in [0.4, 0.5) is 0 Å². The molecule has 2 heterocycles. The molecule has 5 aromatic rings. The largest absolute Gasteiger partial charge is 0.497 e. The second-order valence-corrected chi connectivity index (χ2v) is 9.20. The molecule has 6 rings (SSSR count). The topological polar surface area (TPSA) is 69.0 Å². The Morgan fingerprint density at radius 1 is 0.763 bits per heavy atom. The van der Waals surface area contributed by atoms with E-state index in [1.807, 2.05) is 78.9 Å². The van der Waals surface area contributed by atoms with Crippen LogP contribution >= 0.6 is 0 Å². The maximum atomic E-state index is 13.7. The zero-order chi connectivity index (χ0) is 26.1. The molecule has 0 aliphatic carbocycles. The van der Waals surface area contributed by atoms with Gasteiger partial charge in [0, 0.05) is 6.54 Å². The van der Waals surface area contributed by atoms with Crippen molar-refractivity contribution >= 4 is 16.9 Å². The predicted molar refractivity (Wildman–Crippen MR) is 144 cm³/mol. The SMILES string of the molecule is COc1ccc(CN2C(=O)c3oc4ccccc4c(=O)c3C2c2ccc(OCc3ccccc3)cc2)cc1. The standard InChI is InChI=1S/C32H25NO5/c1-36-24-15-11-21(12-16-24)19-33-29(23-13-17-25(18-14-23)37-20-22-7-3-2-4-8-22)28-30(34)26-9-5-6-10-27(26)38-31(28)32(33)35/h2-18,29H,19-20H2,1H3. The third-order valence-corrected chi connectivity index (χ3v) is 6.83. The highest BCUT2D eigenvalue weighted by Gasteiger charge is 2.42. The third-order valence-electron chi connectivity index (χ3n) is 6.83. The first kappa shape index (κ1) is 23.6. The van der Waals surface area contributed by atoms with Gasteiger partial charge in [-0.2, -0.15) is 0 Å². The maximum Gasteiger partial charge on any atom is 0.291 e. The van der Waals surface area contributed by atoms with Crippen LogP contribution in [0.1, 0.15) is 38.9 Å². The Morgan fingerprint density at radius 3 is 2.18 bits per heavy atom. The van der Waals surface area contributed by atoms with Gasteiger partial charge in [-0.3, -0.25) is 9.59 Å². The van der Waals surface area contributed by atoms with E-state index in [0.717, 1.165) is 22.4 Å². The van der Waals surface area contributed by atoms with E-state index in [4.69, 9.17) is 13.9 Å². The van der Waals surface area contributed by atoms with Crippen LogP contribution in [-0.4, -0.2) is 17.9 Å². The molecule has 1 aromatic heterocycles. The van der Waals surface area contributed by atoms with Gasteiger partial charge in [-0.05, 0) is 53.1 Å². The summed E-state index contributed by atoms with van der Waals surface area (Å²) in [5, 5.41) is 0.457. The molecule has 6 nitrogen and oxygen atoms in total. The number of benzene rings is 4. The first-order chi connectivity index (χ1) is 18.6. The van der Waals surface area contributed by atoms with Crippen LogP contribution in [0, 0.1) is 0 Å². The highest BCUT2D eigenvalue weighted by atomic mass is 16.5. The van der Waals surface area contributed by atoms with Crippen molar-refractivity contribution < 1.29 is 18.7 Å². The van der Waals surface area contributed by atoms with Gasteiger partial charge >= 0.3 is 0 Å². The van der Waals surface area contributed by atoms with Gasteiger partial charge in [0.2, 0.25) is 5.76 Å². The number of para-hydroxylation sites is 1. The van der Waals surface area contributed by atoms with Crippen LogP contribution < -0.4 is 14.9 Å². The van der Waals surface area contributed by atoms with E-state index < -0.39 is 6.04 Å². The smallest absolute Gasteiger partial charge is 0.291 e. The number of methoxy groups -OCH3 is 1. The zero-order valence-corrected chi connectivity index (χ0v) is 20.8. The second kappa shape index (κ2) is 9.90. The highest BCUT2D eigenvalue weighted by molar-refractivity contribution is 5.99. The van der Waals surface area contributed by atoms with Gasteiger partial charge in [-0.25, -0.2) is 0 Å². The number of amides is 1. The molecule has 0 saturated heterocycles. The molecule has 1 unspecified atom stereocenters. The monoisotopic (exact) mass is 503 g/mol. The predicted octanol–water partition coefficient (Wildman–Crippen LogP) is 6.13. The lowest BCUT2D eigenvalue weighted by atomic mass is 9.98. The van der Waals surface area contributed by atoms with Crippen LogP contribution in [0.2, 0.25) is 0 Å². The molecular formula is C32H25NO5. The minimum absolute atomic E-state index is 0.0941. The molecule has 4 aromatic carbocycles. The molecule has 0 bridgehead atoms. The Hall–Kier alpha value is -4.84. The Bertz CT molecular complexity index is 1660. The molecule has 1 atom stereocenters. The summed E-state index contributed by atoms with van der Waals surface area (Å²) in [6.45, 7) is 0.754. The summed E-state index contributed by atoms with van der Waals surface area (Å²) in [7, 11) is 1.61. The second-order valence-electron chi connectivity index (χ2n) is 9.20. The average molecular weight is 504 g/mol. The summed E-state index contributed by atoms with van der Waals surface area (Å²) in [5.41, 5.74) is 3.36. The lowest BCUT2D eigenvalue weighted by Crippen LogP contribution is -2.29. The minimum atomic E-state index is -0.594. The van der Waals surface area contributed by atoms with E-state index in [1.54, 1.807) is 36.3 Å². The van der Waals surface area contributed by atoms with Crippen molar-refractivity contribution in [2.24, 2.45) is 0 Å². The first-order valence-electron chi connectivity index (χ1n) is 12.4. The molecular weight excluding hydrogens is 478 g/mol. The van der Waals surface area contributed by atoms with Gasteiger partial charge < -0.3 is 18.8 Å². The van der Waals surface area contributed by atoms with Crippen LogP contribution in [0.3, 0.4) is 0 Å². The molecule has 38 heavy (non-hydrogen) atoms. The molecule has 0 fully saturated rings. The van der Waals surface area contributed by atoms with E-state index in [9.17, 15) is 9.59 Å². The molecule has 0 N–H and O–H groups in total. The number of carbonyl (C=O) groups excluding carboxylic acids is 1. The lowest BCUT2D eigenvalue weighted by Gasteiger charge is -2.25. The summed E-state index contributed by atoms with van der Waals surface area (Å²) in [6.07, 6.45) is 0. The van der Waals surface area contributed by atoms with Gasteiger partial charge in [0.15, 0.2) is 5.43 Å². The van der Waals surface area contributed by atoms with Gasteiger partial charge in [-0.15, -0.1) is 0 Å². The highest BCUT2D eigenvalue weighted by Crippen LogP contribution is 2.39. The van der Waals surface area contributed by atoms with Crippen LogP contribution in [0.25, 0.3) is 11.0 Å². The number of rotatable bonds is 7. The van der Waals surface area contributed by atoms with Crippen LogP contribution in [-0.2, 0) is 13.2 Å². The van der Waals surface area contributed by atoms with Gasteiger partial charge in [-0.1, -0.05) is 66.7 Å². The molecule has 188 valence electrons. The molecule has 0 saturated carbocycles. The molecule has 1 aliphatic heterocycles. The number of nitrogens with zero attached hydrogens (tertiary/aromatic N) is 1. The summed E-state index contributed by atoms with van der Waals surface area (Å²) in [4.78, 5) is 29.0. The normalized spacial score (nSPS) is 14.5. The quantitative estimate of drug-likeness (QED) is 0.267. The first-order valence-corrected chi connectivity index (χ1v) is 12.4. The van der Waals surface area contributed by atoms with E-state index in [-0.39, 0.29) is 17.1 Å². The van der Waals surface area contributed by atoms with Crippen molar-refractivity contribution in [2.75, 3.05) is 7.11 Å². The van der Waals surface area contributed by atoms with Crippen LogP contribution in [0.5, 0.6) is 11.5 Å². The zero-order valence-electron chi connectivity index (χ0n) is 20.8. The summed E-state index contributed by atoms with van der Waals surface area (Å²) in [5.74, 6) is 1.22. The fourth-order valence-corrected chi connectivity index (χ4v) is 4.89. The number of fused-ring (bicyclic) bond motifs is 2. The lowest BCUT2D eigenvalue weighted by molar-refractivity contribution is 0.0714. The summed E-state index contributed by atoms with van der Waals surface area (Å²) < 4.78 is 17.3. The number of hydrogen-bond acceptors (Lipinski definition) is 5. The Kier molecular flexibility index (Phi) is 6.14. The van der Waals surface area contributed by atoms with E-state index >= 15 is 0 Å². The number of hydrogen-bond donors (Lipinski definition) is 0. The Labute approximate surface area is 219 Å². The summed E-state index contributed by atoms with van der Waals surface area (Å²) in [6, 6.07) is 31.5. The maximum absolute atomic E-state index is 13.7. The van der Waals surface area contributed by atoms with E-state index in [1.165, 1.54) is 0 Å². The van der Waals surface area contributed by atoms with Crippen molar-refractivity contribution in [1.29, 1.82) is 0 Å². The van der Waals surface area contributed by atoms with Gasteiger partial charge in [0.25, 0.3) is 5.91 Å². The van der Waals surface area contributed by atoms with Crippen molar-refractivity contribution in [1.82, 2.24) is 4.90 Å². The van der Waals surface area contributed by atoms with E-state index in [2.05, 4.69) is 0 Å². The number of carbonyl (C=O) groups is 1. The van der Waals surface area contributed by atoms with Crippen LogP contribution in [0.15, 0.2) is 112 Å². The Morgan fingerprint density at radius 2 is 1.45 bits per heavy atom. The molecule has 0 radical (unpaired) electrons. The molecule has 6 heteroatoms. The van der Waals surface area contributed by atoms with Crippen molar-refractivity contribution in [2.45, 2.75) is 19.2 Å². The van der Waals surface area contributed by atoms with Gasteiger partial charge in [0.1, 0.15) is 23.7 Å². The summed E-state index contributed by atoms with van der Waals surface area (Å²) >= 11 is 0. The fourth-order valence-electron chi connectivity index (χ4n) is 4.89. The third kappa shape index (κ3) is 4.30. The van der Waals surface area contributed by atoms with Crippen molar-refractivity contribution in [3.63, 3.8) is 0 Å². The Balaban J connectivity index is 1.38. The molecule has 0 spiro atoms. The number of ether oxygens (including phenoxy) is 2. The fraction of sp³-hybridized carbons (Fsp3) is 0.125. The molecule has 1 amide bonds. The molecule has 1 aliphatic rings. The van der Waals surface area contributed by atoms with Crippen molar-refractivity contribution in [3.05, 3.63) is 141 Å². The minimum Gasteiger partial charge on any atom is -0.497 e. The average Bonchev–Trinajstić information content (AvgIpc) is 3.24. The van der Waals surface area contributed by atoms with E-state index in [0.29, 0.717) is 35.4 Å². The van der Waals surface area contributed by atoms with Crippen molar-refractivity contribution in [3.8, 4) is 11.5 Å².